The molecule has 6 heteroatoms. The molecule has 2 atom stereocenters. The maximum Gasteiger partial charge on any atom is 0.336 e. The van der Waals surface area contributed by atoms with Gasteiger partial charge in [-0.2, -0.15) is 0 Å². The summed E-state index contributed by atoms with van der Waals surface area (Å²) in [4.78, 5) is 23.7. The van der Waals surface area contributed by atoms with Crippen LogP contribution in [0.2, 0.25) is 0 Å². The lowest BCUT2D eigenvalue weighted by molar-refractivity contribution is -0.162. The van der Waals surface area contributed by atoms with Crippen LogP contribution >= 0.6 is 0 Å². The van der Waals surface area contributed by atoms with Crippen LogP contribution in [0, 0.1) is 0 Å². The Labute approximate surface area is 123 Å². The van der Waals surface area contributed by atoms with E-state index in [1.54, 1.807) is 31.4 Å². The van der Waals surface area contributed by atoms with Gasteiger partial charge in [-0.25, -0.2) is 4.79 Å². The highest BCUT2D eigenvalue weighted by atomic mass is 16.6. The summed E-state index contributed by atoms with van der Waals surface area (Å²) in [6.07, 6.45) is 0.0720. The molecule has 1 N–H and O–H groups in total. The molecular weight excluding hydrogens is 274 g/mol. The minimum atomic E-state index is -0.871. The first kappa shape index (κ1) is 15.3. The minimum Gasteiger partial charge on any atom is -0.497 e. The van der Waals surface area contributed by atoms with Gasteiger partial charge < -0.3 is 19.5 Å². The van der Waals surface area contributed by atoms with Crippen LogP contribution in [-0.2, 0) is 19.1 Å². The molecule has 6 nitrogen and oxygen atoms in total. The molecule has 0 bridgehead atoms. The number of carbonyl (C=O) groups is 2. The number of esters is 1. The van der Waals surface area contributed by atoms with Gasteiger partial charge in [-0.3, -0.25) is 4.79 Å². The average molecular weight is 293 g/mol. The van der Waals surface area contributed by atoms with Crippen LogP contribution in [0.3, 0.4) is 0 Å². The summed E-state index contributed by atoms with van der Waals surface area (Å²) in [5.41, 5.74) is 0.612. The second-order valence-electron chi connectivity index (χ2n) is 4.80. The van der Waals surface area contributed by atoms with Gasteiger partial charge in [-0.05, 0) is 44.0 Å². The Morgan fingerprint density at radius 3 is 2.62 bits per heavy atom. The van der Waals surface area contributed by atoms with E-state index in [0.29, 0.717) is 24.5 Å². The highest BCUT2D eigenvalue weighted by Crippen LogP contribution is 2.17. The smallest absolute Gasteiger partial charge is 0.336 e. The Bertz CT molecular complexity index is 493. The maximum absolute atomic E-state index is 12.0. The predicted molar refractivity (Wildman–Crippen MR) is 76.2 cm³/mol. The van der Waals surface area contributed by atoms with Gasteiger partial charge in [0, 0.05) is 12.3 Å². The van der Waals surface area contributed by atoms with Gasteiger partial charge >= 0.3 is 5.97 Å². The second-order valence-corrected chi connectivity index (χ2v) is 4.80. The van der Waals surface area contributed by atoms with Crippen LogP contribution in [0.4, 0.5) is 5.69 Å². The largest absolute Gasteiger partial charge is 0.497 e. The van der Waals surface area contributed by atoms with Gasteiger partial charge in [0.15, 0.2) is 12.2 Å². The van der Waals surface area contributed by atoms with Crippen LogP contribution in [0.15, 0.2) is 24.3 Å². The Morgan fingerprint density at radius 2 is 2.05 bits per heavy atom. The summed E-state index contributed by atoms with van der Waals surface area (Å²) in [6.45, 7) is 2.10. The molecule has 1 aromatic rings. The molecular formula is C15H19NO5. The number of carbonyl (C=O) groups excluding carboxylic acids is 2. The molecule has 0 spiro atoms. The number of benzene rings is 1. The van der Waals surface area contributed by atoms with Crippen LogP contribution < -0.4 is 10.1 Å². The van der Waals surface area contributed by atoms with Gasteiger partial charge in [0.05, 0.1) is 7.11 Å². The topological polar surface area (TPSA) is 73.9 Å². The zero-order chi connectivity index (χ0) is 15.2. The Kier molecular flexibility index (Phi) is 5.16. The number of nitrogens with one attached hydrogen (secondary N) is 1. The van der Waals surface area contributed by atoms with E-state index >= 15 is 0 Å². The zero-order valence-electron chi connectivity index (χ0n) is 12.1. The highest BCUT2D eigenvalue weighted by molar-refractivity contribution is 5.95. The van der Waals surface area contributed by atoms with Crippen molar-refractivity contribution < 1.29 is 23.8 Å². The monoisotopic (exact) mass is 293 g/mol. The fourth-order valence-corrected chi connectivity index (χ4v) is 1.99. The van der Waals surface area contributed by atoms with Crippen molar-refractivity contribution in [2.24, 2.45) is 0 Å². The summed E-state index contributed by atoms with van der Waals surface area (Å²) < 4.78 is 15.4. The zero-order valence-corrected chi connectivity index (χ0v) is 12.1. The molecule has 0 aliphatic carbocycles. The molecule has 1 aliphatic rings. The lowest BCUT2D eigenvalue weighted by Gasteiger charge is -2.16. The number of hydrogen-bond donors (Lipinski definition) is 1. The Morgan fingerprint density at radius 1 is 1.33 bits per heavy atom. The first-order valence-corrected chi connectivity index (χ1v) is 6.87. The van der Waals surface area contributed by atoms with Crippen molar-refractivity contribution in [2.75, 3.05) is 19.0 Å². The van der Waals surface area contributed by atoms with E-state index in [1.165, 1.54) is 6.92 Å². The molecule has 2 rings (SSSR count). The molecule has 21 heavy (non-hydrogen) atoms. The quantitative estimate of drug-likeness (QED) is 0.837. The summed E-state index contributed by atoms with van der Waals surface area (Å²) in [5.74, 6) is -0.165. The molecule has 1 heterocycles. The van der Waals surface area contributed by atoms with Crippen molar-refractivity contribution in [1.82, 2.24) is 0 Å². The molecule has 1 fully saturated rings. The number of hydrogen-bond acceptors (Lipinski definition) is 5. The molecule has 0 unspecified atom stereocenters. The molecule has 0 saturated carbocycles. The van der Waals surface area contributed by atoms with Crippen LogP contribution in [0.25, 0.3) is 0 Å². The highest BCUT2D eigenvalue weighted by Gasteiger charge is 2.28. The van der Waals surface area contributed by atoms with Gasteiger partial charge in [0.1, 0.15) is 5.75 Å². The molecule has 1 aromatic carbocycles. The molecule has 0 aromatic heterocycles. The molecule has 1 saturated heterocycles. The van der Waals surface area contributed by atoms with Crippen LogP contribution in [0.1, 0.15) is 19.8 Å². The summed E-state index contributed by atoms with van der Waals surface area (Å²) in [6, 6.07) is 6.90. The van der Waals surface area contributed by atoms with E-state index in [0.717, 1.165) is 6.42 Å². The summed E-state index contributed by atoms with van der Waals surface area (Å²) in [5, 5.41) is 2.68. The van der Waals surface area contributed by atoms with Gasteiger partial charge in [-0.15, -0.1) is 0 Å². The number of rotatable bonds is 5. The van der Waals surface area contributed by atoms with Crippen molar-refractivity contribution in [3.63, 3.8) is 0 Å². The average Bonchev–Trinajstić information content (AvgIpc) is 3.02. The molecule has 1 amide bonds. The fourth-order valence-electron chi connectivity index (χ4n) is 1.99. The van der Waals surface area contributed by atoms with E-state index in [9.17, 15) is 9.59 Å². The normalized spacial score (nSPS) is 18.9. The fraction of sp³-hybridized carbons (Fsp3) is 0.467. The van der Waals surface area contributed by atoms with E-state index in [-0.39, 0.29) is 5.91 Å². The minimum absolute atomic E-state index is 0.383. The maximum atomic E-state index is 12.0. The number of ether oxygens (including phenoxy) is 3. The predicted octanol–water partition coefficient (Wildman–Crippen LogP) is 1.74. The standard InChI is InChI=1S/C15H19NO5/c1-10(21-15(18)13-4-3-9-20-13)14(17)16-11-5-7-12(19-2)8-6-11/h5-8,10,13H,3-4,9H2,1-2H3,(H,16,17)/t10-,13-/m1/s1. The van der Waals surface area contributed by atoms with Gasteiger partial charge in [0.25, 0.3) is 5.91 Å². The molecule has 1 aliphatic heterocycles. The van der Waals surface area contributed by atoms with E-state index in [4.69, 9.17) is 14.2 Å². The third-order valence-electron chi connectivity index (χ3n) is 3.21. The Balaban J connectivity index is 1.85. The Hall–Kier alpha value is -2.08. The van der Waals surface area contributed by atoms with Crippen molar-refractivity contribution in [1.29, 1.82) is 0 Å². The molecule has 0 radical (unpaired) electrons. The van der Waals surface area contributed by atoms with E-state index in [1.807, 2.05) is 0 Å². The SMILES string of the molecule is COc1ccc(NC(=O)[C@@H](C)OC(=O)[C@H]2CCCO2)cc1. The second kappa shape index (κ2) is 7.08. The first-order valence-electron chi connectivity index (χ1n) is 6.87. The first-order chi connectivity index (χ1) is 10.1. The number of methoxy groups -OCH3 is 1. The third kappa shape index (κ3) is 4.19. The van der Waals surface area contributed by atoms with Crippen molar-refractivity contribution in [3.8, 4) is 5.75 Å². The van der Waals surface area contributed by atoms with Gasteiger partial charge in [0.2, 0.25) is 0 Å². The van der Waals surface area contributed by atoms with Gasteiger partial charge in [-0.1, -0.05) is 0 Å². The van der Waals surface area contributed by atoms with E-state index in [2.05, 4.69) is 5.32 Å². The lowest BCUT2D eigenvalue weighted by Crippen LogP contribution is -2.33. The van der Waals surface area contributed by atoms with Crippen molar-refractivity contribution >= 4 is 17.6 Å². The van der Waals surface area contributed by atoms with E-state index < -0.39 is 18.2 Å². The summed E-state index contributed by atoms with van der Waals surface area (Å²) in [7, 11) is 1.57. The van der Waals surface area contributed by atoms with Crippen molar-refractivity contribution in [2.45, 2.75) is 32.0 Å². The van der Waals surface area contributed by atoms with Crippen LogP contribution in [0.5, 0.6) is 5.75 Å². The van der Waals surface area contributed by atoms with Crippen molar-refractivity contribution in [3.05, 3.63) is 24.3 Å². The third-order valence-corrected chi connectivity index (χ3v) is 3.21. The number of anilines is 1. The molecule has 114 valence electrons. The summed E-state index contributed by atoms with van der Waals surface area (Å²) >= 11 is 0. The van der Waals surface area contributed by atoms with Crippen LogP contribution in [-0.4, -0.2) is 37.8 Å². The number of amides is 1. The lowest BCUT2D eigenvalue weighted by atomic mass is 10.2.